The normalized spacial score (nSPS) is 27.4. The highest BCUT2D eigenvalue weighted by Crippen LogP contribution is 2.44. The van der Waals surface area contributed by atoms with Gasteiger partial charge in [-0.1, -0.05) is 43.2 Å². The first-order valence-corrected chi connectivity index (χ1v) is 12.3. The average Bonchev–Trinajstić information content (AvgIpc) is 2.81. The van der Waals surface area contributed by atoms with E-state index in [1.165, 1.54) is 16.2 Å². The van der Waals surface area contributed by atoms with Crippen LogP contribution in [0.15, 0.2) is 54.6 Å². The number of amides is 1. The van der Waals surface area contributed by atoms with Crippen LogP contribution in [0.5, 0.6) is 0 Å². The van der Waals surface area contributed by atoms with E-state index in [4.69, 9.17) is 0 Å². The van der Waals surface area contributed by atoms with Crippen LogP contribution in [0.3, 0.4) is 0 Å². The van der Waals surface area contributed by atoms with Crippen molar-refractivity contribution in [3.05, 3.63) is 60.2 Å². The summed E-state index contributed by atoms with van der Waals surface area (Å²) in [7, 11) is 0. The molecule has 1 aliphatic carbocycles. The lowest BCUT2D eigenvalue weighted by Crippen LogP contribution is -3.16. The second-order valence-corrected chi connectivity index (χ2v) is 9.45. The van der Waals surface area contributed by atoms with Gasteiger partial charge >= 0.3 is 0 Å². The largest absolute Gasteiger partial charge is 0.389 e. The summed E-state index contributed by atoms with van der Waals surface area (Å²) in [6.45, 7) is 7.56. The molecule has 4 rings (SSSR count). The summed E-state index contributed by atoms with van der Waals surface area (Å²) < 4.78 is 0. The van der Waals surface area contributed by atoms with E-state index < -0.39 is 5.60 Å². The van der Waals surface area contributed by atoms with E-state index in [1.54, 1.807) is 0 Å². The molecule has 1 saturated heterocycles. The first-order valence-electron chi connectivity index (χ1n) is 12.3. The molecule has 1 unspecified atom stereocenters. The van der Waals surface area contributed by atoms with E-state index in [2.05, 4.69) is 48.3 Å². The number of rotatable bonds is 7. The van der Waals surface area contributed by atoms with Crippen LogP contribution in [-0.2, 0) is 4.79 Å². The lowest BCUT2D eigenvalue weighted by molar-refractivity contribution is -0.937. The fourth-order valence-corrected chi connectivity index (χ4v) is 5.93. The molecule has 2 aliphatic rings. The minimum Gasteiger partial charge on any atom is -0.389 e. The number of carbonyl (C=O) groups excluding carboxylic acids is 1. The minimum absolute atomic E-state index is 0.0391. The number of para-hydroxylation sites is 1. The average molecular weight is 437 g/mol. The molecule has 2 aromatic carbocycles. The van der Waals surface area contributed by atoms with Crippen LogP contribution in [0.2, 0.25) is 0 Å². The minimum atomic E-state index is -0.597. The van der Waals surface area contributed by atoms with Crippen molar-refractivity contribution < 1.29 is 14.8 Å². The third-order valence-corrected chi connectivity index (χ3v) is 7.61. The molecule has 172 valence electrons. The Morgan fingerprint density at radius 3 is 2.47 bits per heavy atom. The van der Waals surface area contributed by atoms with Crippen LogP contribution in [-0.4, -0.2) is 42.8 Å². The molecule has 0 spiro atoms. The van der Waals surface area contributed by atoms with E-state index >= 15 is 0 Å². The Hall–Kier alpha value is -2.37. The quantitative estimate of drug-likeness (QED) is 0.623. The summed E-state index contributed by atoms with van der Waals surface area (Å²) in [5.74, 6) is 0.237. The lowest BCUT2D eigenvalue weighted by atomic mass is 9.66. The van der Waals surface area contributed by atoms with Gasteiger partial charge in [-0.3, -0.25) is 4.79 Å². The van der Waals surface area contributed by atoms with E-state index in [9.17, 15) is 9.90 Å². The van der Waals surface area contributed by atoms with Crippen molar-refractivity contribution in [1.29, 1.82) is 0 Å². The molecule has 3 N–H and O–H groups in total. The number of nitrogens with one attached hydrogen (secondary N) is 2. The molecule has 0 radical (unpaired) electrons. The molecule has 1 aliphatic heterocycles. The standard InChI is InChI=1S/C27H37N3O2/c1-3-29(4-2)23-15-13-21(14-16-23)26-24-12-8-9-17-27(24,32)18-19-30(26)20-25(31)28-22-10-6-5-7-11-22/h5-7,10-11,13-16,24,26,32H,3-4,8-9,12,17-20H2,1-2H3,(H,28,31)/p+1/t24-,26+,27-/m1/s1. The molecule has 1 amide bonds. The third-order valence-electron chi connectivity index (χ3n) is 7.61. The number of fused-ring (bicyclic) bond motifs is 1. The first kappa shape index (κ1) is 22.8. The van der Waals surface area contributed by atoms with Crippen LogP contribution in [0.25, 0.3) is 0 Å². The monoisotopic (exact) mass is 436 g/mol. The fourth-order valence-electron chi connectivity index (χ4n) is 5.93. The Labute approximate surface area is 192 Å². The van der Waals surface area contributed by atoms with E-state index in [0.29, 0.717) is 6.54 Å². The van der Waals surface area contributed by atoms with Crippen LogP contribution < -0.4 is 15.1 Å². The third kappa shape index (κ3) is 4.84. The summed E-state index contributed by atoms with van der Waals surface area (Å²) in [4.78, 5) is 16.5. The van der Waals surface area contributed by atoms with Gasteiger partial charge in [-0.05, 0) is 51.0 Å². The van der Waals surface area contributed by atoms with Gasteiger partial charge in [-0.2, -0.15) is 0 Å². The van der Waals surface area contributed by atoms with Gasteiger partial charge in [0, 0.05) is 42.4 Å². The predicted octanol–water partition coefficient (Wildman–Crippen LogP) is 3.42. The van der Waals surface area contributed by atoms with Gasteiger partial charge in [0.15, 0.2) is 6.54 Å². The van der Waals surface area contributed by atoms with Crippen LogP contribution >= 0.6 is 0 Å². The first-order chi connectivity index (χ1) is 15.5. The lowest BCUT2D eigenvalue weighted by Gasteiger charge is -2.50. The summed E-state index contributed by atoms with van der Waals surface area (Å²) in [5, 5.41) is 14.6. The van der Waals surface area contributed by atoms with Crippen molar-refractivity contribution >= 4 is 17.3 Å². The highest BCUT2D eigenvalue weighted by molar-refractivity contribution is 5.91. The van der Waals surface area contributed by atoms with Crippen molar-refractivity contribution in [2.45, 2.75) is 57.6 Å². The Balaban J connectivity index is 1.58. The molecule has 1 saturated carbocycles. The SMILES string of the molecule is CCN(CC)c1ccc([C@H]2[C@H]3CCCC[C@@]3(O)CC[NH+]2CC(=O)Nc2ccccc2)cc1. The molecule has 0 bridgehead atoms. The van der Waals surface area contributed by atoms with Crippen molar-refractivity contribution in [2.75, 3.05) is 36.4 Å². The number of nitrogens with zero attached hydrogens (tertiary/aromatic N) is 1. The highest BCUT2D eigenvalue weighted by Gasteiger charge is 2.51. The zero-order valence-electron chi connectivity index (χ0n) is 19.5. The van der Waals surface area contributed by atoms with E-state index in [0.717, 1.165) is 57.4 Å². The highest BCUT2D eigenvalue weighted by atomic mass is 16.3. The zero-order chi connectivity index (χ0) is 22.6. The van der Waals surface area contributed by atoms with Crippen molar-refractivity contribution in [3.8, 4) is 0 Å². The van der Waals surface area contributed by atoms with Crippen LogP contribution in [0, 0.1) is 5.92 Å². The number of piperidine rings is 1. The number of quaternary nitrogens is 1. The van der Waals surface area contributed by atoms with Crippen LogP contribution in [0.4, 0.5) is 11.4 Å². The molecule has 0 aromatic heterocycles. The Bertz CT molecular complexity index is 882. The smallest absolute Gasteiger partial charge is 0.279 e. The van der Waals surface area contributed by atoms with Crippen LogP contribution in [0.1, 0.15) is 57.6 Å². The Kier molecular flexibility index (Phi) is 7.17. The Morgan fingerprint density at radius 2 is 1.78 bits per heavy atom. The second-order valence-electron chi connectivity index (χ2n) is 9.45. The second kappa shape index (κ2) is 10.1. The van der Waals surface area contributed by atoms with Crippen molar-refractivity contribution in [2.24, 2.45) is 5.92 Å². The summed E-state index contributed by atoms with van der Waals surface area (Å²) in [6, 6.07) is 18.7. The topological polar surface area (TPSA) is 57.0 Å². The summed E-state index contributed by atoms with van der Waals surface area (Å²) in [5.41, 5.74) is 2.72. The number of hydrogen-bond acceptors (Lipinski definition) is 3. The van der Waals surface area contributed by atoms with Gasteiger partial charge in [-0.25, -0.2) is 0 Å². The van der Waals surface area contributed by atoms with Gasteiger partial charge in [0.2, 0.25) is 0 Å². The maximum Gasteiger partial charge on any atom is 0.279 e. The number of likely N-dealkylation sites (tertiary alicyclic amines) is 1. The summed E-state index contributed by atoms with van der Waals surface area (Å²) >= 11 is 0. The maximum atomic E-state index is 12.9. The molecule has 1 heterocycles. The van der Waals surface area contributed by atoms with Crippen molar-refractivity contribution in [3.63, 3.8) is 0 Å². The van der Waals surface area contributed by atoms with Gasteiger partial charge in [-0.15, -0.1) is 0 Å². The van der Waals surface area contributed by atoms with Gasteiger partial charge in [0.1, 0.15) is 6.04 Å². The molecule has 32 heavy (non-hydrogen) atoms. The zero-order valence-corrected chi connectivity index (χ0v) is 19.5. The molecule has 2 fully saturated rings. The maximum absolute atomic E-state index is 12.9. The molecule has 2 aromatic rings. The molecular weight excluding hydrogens is 398 g/mol. The molecule has 5 nitrogen and oxygen atoms in total. The number of hydrogen-bond donors (Lipinski definition) is 3. The molecular formula is C27H38N3O2+. The van der Waals surface area contributed by atoms with E-state index in [1.807, 2.05) is 30.3 Å². The van der Waals surface area contributed by atoms with E-state index in [-0.39, 0.29) is 17.9 Å². The predicted molar refractivity (Wildman–Crippen MR) is 130 cm³/mol. The number of anilines is 2. The molecule has 4 atom stereocenters. The van der Waals surface area contributed by atoms with Gasteiger partial charge in [0.05, 0.1) is 12.1 Å². The molecule has 5 heteroatoms. The Morgan fingerprint density at radius 1 is 1.06 bits per heavy atom. The summed E-state index contributed by atoms with van der Waals surface area (Å²) in [6.07, 6.45) is 4.95. The number of benzene rings is 2. The van der Waals surface area contributed by atoms with Gasteiger partial charge < -0.3 is 20.2 Å². The number of aliphatic hydroxyl groups is 1. The van der Waals surface area contributed by atoms with Gasteiger partial charge in [0.25, 0.3) is 5.91 Å². The van der Waals surface area contributed by atoms with Crippen molar-refractivity contribution in [1.82, 2.24) is 0 Å². The number of carbonyl (C=O) groups is 1. The fraction of sp³-hybridized carbons (Fsp3) is 0.519.